The van der Waals surface area contributed by atoms with Gasteiger partial charge in [-0.3, -0.25) is 4.79 Å². The molecule has 1 N–H and O–H groups in total. The number of aromatic nitrogens is 1. The normalized spacial score (nSPS) is 17.5. The number of likely N-dealkylation sites (tertiary alicyclic amines) is 1. The number of H-pyrrole nitrogens is 1. The summed E-state index contributed by atoms with van der Waals surface area (Å²) in [6.07, 6.45) is 6.13. The first-order valence-electron chi connectivity index (χ1n) is 9.60. The van der Waals surface area contributed by atoms with Gasteiger partial charge in [-0.15, -0.1) is 0 Å². The quantitative estimate of drug-likeness (QED) is 0.667. The topological polar surface area (TPSA) is 45.3 Å². The van der Waals surface area contributed by atoms with E-state index in [1.807, 2.05) is 24.3 Å². The Balaban J connectivity index is 1.55. The molecule has 0 aliphatic carbocycles. The fourth-order valence-electron chi connectivity index (χ4n) is 4.08. The molecule has 0 radical (unpaired) electrons. The van der Waals surface area contributed by atoms with E-state index in [-0.39, 0.29) is 5.78 Å². The van der Waals surface area contributed by atoms with E-state index >= 15 is 0 Å². The second-order valence-corrected chi connectivity index (χ2v) is 7.51. The molecule has 1 saturated heterocycles. The van der Waals surface area contributed by atoms with Gasteiger partial charge >= 0.3 is 0 Å². The van der Waals surface area contributed by atoms with Crippen molar-refractivity contribution in [1.82, 2.24) is 9.88 Å². The molecule has 1 aromatic heterocycles. The Morgan fingerprint density at radius 3 is 2.93 bits per heavy atom. The summed E-state index contributed by atoms with van der Waals surface area (Å²) in [5, 5.41) is 1.24. The minimum Gasteiger partial charge on any atom is -0.497 e. The minimum absolute atomic E-state index is 0.112. The fraction of sp³-hybridized carbons (Fsp3) is 0.348. The summed E-state index contributed by atoms with van der Waals surface area (Å²) in [6, 6.07) is 14.3. The second kappa shape index (κ2) is 7.57. The van der Waals surface area contributed by atoms with Crippen molar-refractivity contribution in [3.05, 3.63) is 65.4 Å². The van der Waals surface area contributed by atoms with Gasteiger partial charge in [-0.2, -0.15) is 0 Å². The van der Waals surface area contributed by atoms with Crippen molar-refractivity contribution in [2.75, 3.05) is 20.7 Å². The number of nitrogens with zero attached hydrogens (tertiary/aromatic N) is 1. The maximum atomic E-state index is 12.7. The van der Waals surface area contributed by atoms with Crippen LogP contribution >= 0.6 is 0 Å². The van der Waals surface area contributed by atoms with E-state index in [2.05, 4.69) is 35.3 Å². The highest BCUT2D eigenvalue weighted by Gasteiger charge is 2.22. The van der Waals surface area contributed by atoms with Crippen LogP contribution in [0.15, 0.2) is 48.7 Å². The Kier molecular flexibility index (Phi) is 4.99. The number of hydrogen-bond donors (Lipinski definition) is 1. The van der Waals surface area contributed by atoms with Crippen molar-refractivity contribution in [3.63, 3.8) is 0 Å². The lowest BCUT2D eigenvalue weighted by Gasteiger charge is -2.18. The molecule has 1 aliphatic rings. The summed E-state index contributed by atoms with van der Waals surface area (Å²) >= 11 is 0. The zero-order valence-corrected chi connectivity index (χ0v) is 16.0. The summed E-state index contributed by atoms with van der Waals surface area (Å²) in [5.74, 6) is 0.825. The first-order chi connectivity index (χ1) is 13.1. The standard InChI is InChI=1S/C23H26N2O2/c1-25-10-4-6-19(25)13-18-15-24-22-9-8-16(11-21(18)22)12-23(26)17-5-3-7-20(14-17)27-2/h3,5,7-9,11,14-15,19,24H,4,6,10,12-13H2,1-2H3. The van der Waals surface area contributed by atoms with Gasteiger partial charge in [0, 0.05) is 35.1 Å². The van der Waals surface area contributed by atoms with Crippen LogP contribution in [0, 0.1) is 0 Å². The van der Waals surface area contributed by atoms with E-state index in [0.717, 1.165) is 17.5 Å². The first kappa shape index (κ1) is 17.8. The van der Waals surface area contributed by atoms with Crippen LogP contribution in [0.3, 0.4) is 0 Å². The molecule has 4 rings (SSSR count). The highest BCUT2D eigenvalue weighted by molar-refractivity contribution is 5.98. The molecule has 1 aliphatic heterocycles. The third kappa shape index (κ3) is 3.76. The van der Waals surface area contributed by atoms with Gasteiger partial charge in [-0.1, -0.05) is 18.2 Å². The van der Waals surface area contributed by atoms with Crippen molar-refractivity contribution in [3.8, 4) is 5.75 Å². The smallest absolute Gasteiger partial charge is 0.167 e. The number of rotatable bonds is 6. The number of fused-ring (bicyclic) bond motifs is 1. The number of carbonyl (C=O) groups is 1. The lowest BCUT2D eigenvalue weighted by atomic mass is 9.99. The number of aromatic amines is 1. The highest BCUT2D eigenvalue weighted by Crippen LogP contribution is 2.26. The van der Waals surface area contributed by atoms with E-state index in [0.29, 0.717) is 23.8 Å². The molecule has 3 aromatic rings. The van der Waals surface area contributed by atoms with Crippen LogP contribution in [0.2, 0.25) is 0 Å². The molecule has 1 atom stereocenters. The average Bonchev–Trinajstić information content (AvgIpc) is 3.28. The van der Waals surface area contributed by atoms with E-state index in [1.165, 1.54) is 30.3 Å². The van der Waals surface area contributed by atoms with Crippen molar-refractivity contribution in [1.29, 1.82) is 0 Å². The van der Waals surface area contributed by atoms with Crippen LogP contribution in [-0.2, 0) is 12.8 Å². The number of likely N-dealkylation sites (N-methyl/N-ethyl adjacent to an activating group) is 1. The molecule has 0 amide bonds. The minimum atomic E-state index is 0.112. The maximum absolute atomic E-state index is 12.7. The molecule has 0 bridgehead atoms. The van der Waals surface area contributed by atoms with Crippen molar-refractivity contribution in [2.24, 2.45) is 0 Å². The van der Waals surface area contributed by atoms with Gasteiger partial charge in [0.25, 0.3) is 0 Å². The monoisotopic (exact) mass is 362 g/mol. The van der Waals surface area contributed by atoms with Crippen LogP contribution < -0.4 is 4.74 Å². The number of benzene rings is 2. The Labute approximate surface area is 160 Å². The largest absolute Gasteiger partial charge is 0.497 e. The number of hydrogen-bond acceptors (Lipinski definition) is 3. The number of ketones is 1. The Bertz CT molecular complexity index is 960. The second-order valence-electron chi connectivity index (χ2n) is 7.51. The molecule has 4 nitrogen and oxygen atoms in total. The van der Waals surface area contributed by atoms with Gasteiger partial charge < -0.3 is 14.6 Å². The Morgan fingerprint density at radius 1 is 1.26 bits per heavy atom. The summed E-state index contributed by atoms with van der Waals surface area (Å²) in [5.41, 5.74) is 4.23. The van der Waals surface area contributed by atoms with Crippen LogP contribution in [0.4, 0.5) is 0 Å². The molecule has 0 spiro atoms. The van der Waals surface area contributed by atoms with Gasteiger partial charge in [0.15, 0.2) is 5.78 Å². The van der Waals surface area contributed by atoms with Crippen LogP contribution in [0.5, 0.6) is 5.75 Å². The van der Waals surface area contributed by atoms with Crippen molar-refractivity contribution >= 4 is 16.7 Å². The zero-order valence-electron chi connectivity index (χ0n) is 16.0. The van der Waals surface area contributed by atoms with Gasteiger partial charge in [0.2, 0.25) is 0 Å². The van der Waals surface area contributed by atoms with Crippen molar-refractivity contribution in [2.45, 2.75) is 31.7 Å². The maximum Gasteiger partial charge on any atom is 0.167 e. The molecule has 1 unspecified atom stereocenters. The number of nitrogens with one attached hydrogen (secondary N) is 1. The number of carbonyl (C=O) groups excluding carboxylic acids is 1. The van der Waals surface area contributed by atoms with Gasteiger partial charge in [0.1, 0.15) is 5.75 Å². The zero-order chi connectivity index (χ0) is 18.8. The van der Waals surface area contributed by atoms with Crippen LogP contribution in [-0.4, -0.2) is 42.4 Å². The van der Waals surface area contributed by atoms with Gasteiger partial charge in [0.05, 0.1) is 7.11 Å². The summed E-state index contributed by atoms with van der Waals surface area (Å²) in [6.45, 7) is 1.19. The third-order valence-corrected chi connectivity index (χ3v) is 5.72. The molecule has 2 heterocycles. The molecule has 2 aromatic carbocycles. The van der Waals surface area contributed by atoms with E-state index in [9.17, 15) is 4.79 Å². The summed E-state index contributed by atoms with van der Waals surface area (Å²) in [7, 11) is 3.83. The third-order valence-electron chi connectivity index (χ3n) is 5.72. The molecule has 140 valence electrons. The van der Waals surface area contributed by atoms with Crippen LogP contribution in [0.1, 0.15) is 34.3 Å². The molecule has 1 fully saturated rings. The Morgan fingerprint density at radius 2 is 2.15 bits per heavy atom. The summed E-state index contributed by atoms with van der Waals surface area (Å²) < 4.78 is 5.23. The molecule has 0 saturated carbocycles. The SMILES string of the molecule is COc1cccc(C(=O)Cc2ccc3[nH]cc(CC4CCCN4C)c3c2)c1. The van der Waals surface area contributed by atoms with Gasteiger partial charge in [-0.05, 0) is 68.2 Å². The average molecular weight is 362 g/mol. The van der Waals surface area contributed by atoms with Crippen LogP contribution in [0.25, 0.3) is 10.9 Å². The fourth-order valence-corrected chi connectivity index (χ4v) is 4.08. The highest BCUT2D eigenvalue weighted by atomic mass is 16.5. The lowest BCUT2D eigenvalue weighted by molar-refractivity contribution is 0.0992. The number of ether oxygens (including phenoxy) is 1. The molecular formula is C23H26N2O2. The van der Waals surface area contributed by atoms with Gasteiger partial charge in [-0.25, -0.2) is 0 Å². The molecular weight excluding hydrogens is 336 g/mol. The number of Topliss-reactive ketones (excluding diaryl/α,β-unsaturated/α-hetero) is 1. The molecule has 4 heteroatoms. The predicted octanol–water partition coefficient (Wildman–Crippen LogP) is 4.24. The van der Waals surface area contributed by atoms with E-state index < -0.39 is 0 Å². The van der Waals surface area contributed by atoms with Crippen molar-refractivity contribution < 1.29 is 9.53 Å². The lowest BCUT2D eigenvalue weighted by Crippen LogP contribution is -2.26. The van der Waals surface area contributed by atoms with E-state index in [1.54, 1.807) is 13.2 Å². The number of methoxy groups -OCH3 is 1. The predicted molar refractivity (Wildman–Crippen MR) is 109 cm³/mol. The van der Waals surface area contributed by atoms with E-state index in [4.69, 9.17) is 4.74 Å². The Hall–Kier alpha value is -2.59. The molecule has 27 heavy (non-hydrogen) atoms. The summed E-state index contributed by atoms with van der Waals surface area (Å²) in [4.78, 5) is 18.5. The first-order valence-corrected chi connectivity index (χ1v) is 9.60.